The Bertz CT molecular complexity index is 1180. The van der Waals surface area contributed by atoms with Crippen LogP contribution in [0.5, 0.6) is 0 Å². The maximum atomic E-state index is 2.46. The molecule has 0 fully saturated rings. The molecule has 1 aliphatic carbocycles. The second-order valence-corrected chi connectivity index (χ2v) is 11.4. The summed E-state index contributed by atoms with van der Waals surface area (Å²) in [5.41, 5.74) is 11.2. The van der Waals surface area contributed by atoms with Crippen molar-refractivity contribution >= 4 is 0 Å². The third kappa shape index (κ3) is 4.48. The van der Waals surface area contributed by atoms with E-state index in [1.165, 1.54) is 44.5 Å². The van der Waals surface area contributed by atoms with Gasteiger partial charge in [-0.1, -0.05) is 0 Å². The number of halogens is 2. The quantitative estimate of drug-likeness (QED) is 0.356. The molecule has 0 saturated heterocycles. The van der Waals surface area contributed by atoms with Gasteiger partial charge < -0.3 is 24.8 Å². The van der Waals surface area contributed by atoms with Crippen molar-refractivity contribution in [2.45, 2.75) is 42.2 Å². The van der Waals surface area contributed by atoms with Crippen LogP contribution in [-0.4, -0.2) is 0 Å². The van der Waals surface area contributed by atoms with Gasteiger partial charge in [0.05, 0.1) is 0 Å². The predicted octanol–water partition coefficient (Wildman–Crippen LogP) is 1.96. The summed E-state index contributed by atoms with van der Waals surface area (Å²) in [5, 5.41) is 0. The van der Waals surface area contributed by atoms with Crippen LogP contribution in [0.1, 0.15) is 64.7 Å². The van der Waals surface area contributed by atoms with E-state index in [9.17, 15) is 0 Å². The Morgan fingerprint density at radius 1 is 0.500 bits per heavy atom. The van der Waals surface area contributed by atoms with E-state index in [1.807, 2.05) is 0 Å². The van der Waals surface area contributed by atoms with Gasteiger partial charge >= 0.3 is 208 Å². The van der Waals surface area contributed by atoms with E-state index in [0.29, 0.717) is 3.63 Å². The first-order valence-electron chi connectivity index (χ1n) is 11.4. The molecule has 3 heteroatoms. The maximum absolute atomic E-state index is 2.46. The molecule has 0 atom stereocenters. The van der Waals surface area contributed by atoms with Crippen molar-refractivity contribution in [3.63, 3.8) is 0 Å². The third-order valence-corrected chi connectivity index (χ3v) is 8.98. The number of benzene rings is 4. The Kier molecular flexibility index (Phi) is 8.04. The Morgan fingerprint density at radius 3 is 1.21 bits per heavy atom. The average Bonchev–Trinajstić information content (AvgIpc) is 3.11. The number of fused-ring (bicyclic) bond motifs is 3. The maximum Gasteiger partial charge on any atom is -1.00 e. The fraction of sp³-hybridized carbons (Fsp3) is 0.226. The van der Waals surface area contributed by atoms with Gasteiger partial charge in [-0.25, -0.2) is 0 Å². The van der Waals surface area contributed by atoms with Crippen molar-refractivity contribution in [2.75, 3.05) is 0 Å². The summed E-state index contributed by atoms with van der Waals surface area (Å²) in [4.78, 5) is 0. The van der Waals surface area contributed by atoms with E-state index in [1.54, 1.807) is 24.7 Å². The van der Waals surface area contributed by atoms with Crippen LogP contribution in [0.25, 0.3) is 11.1 Å². The summed E-state index contributed by atoms with van der Waals surface area (Å²) < 4.78 is 0.523. The molecule has 0 aromatic heterocycles. The molecule has 0 radical (unpaired) electrons. The number of hydrogen-bond donors (Lipinski definition) is 0. The van der Waals surface area contributed by atoms with Gasteiger partial charge in [0, 0.05) is 0 Å². The molecule has 0 spiro atoms. The van der Waals surface area contributed by atoms with Crippen LogP contribution in [0.15, 0.2) is 97.1 Å². The van der Waals surface area contributed by atoms with Crippen molar-refractivity contribution in [3.8, 4) is 11.1 Å². The van der Waals surface area contributed by atoms with Gasteiger partial charge in [0.25, 0.3) is 0 Å². The van der Waals surface area contributed by atoms with Crippen molar-refractivity contribution in [2.24, 2.45) is 0 Å². The van der Waals surface area contributed by atoms with Gasteiger partial charge in [-0.15, -0.1) is 0 Å². The van der Waals surface area contributed by atoms with Gasteiger partial charge in [-0.2, -0.15) is 0 Å². The summed E-state index contributed by atoms with van der Waals surface area (Å²) >= 11 is 1.56. The van der Waals surface area contributed by atoms with E-state index in [0.717, 1.165) is 0 Å². The molecule has 0 N–H and O–H groups in total. The first-order chi connectivity index (χ1) is 15.3. The topological polar surface area (TPSA) is 0 Å². The molecule has 4 aromatic carbocycles. The summed E-state index contributed by atoms with van der Waals surface area (Å²) in [6.45, 7) is 9.35. The monoisotopic (exact) mass is 561 g/mol. The summed E-state index contributed by atoms with van der Waals surface area (Å²) in [5.74, 6) is 0. The third-order valence-electron chi connectivity index (χ3n) is 7.45. The van der Waals surface area contributed by atoms with E-state index in [4.69, 9.17) is 0 Å². The van der Waals surface area contributed by atoms with Crippen LogP contribution >= 0.6 is 0 Å². The van der Waals surface area contributed by atoms with Crippen LogP contribution in [0, 0.1) is 0 Å². The Morgan fingerprint density at radius 2 is 0.853 bits per heavy atom. The molecular weight excluding hydrogens is 534 g/mol. The first kappa shape index (κ1) is 26.9. The molecule has 0 aliphatic heterocycles. The van der Waals surface area contributed by atoms with E-state index in [2.05, 4.69) is 125 Å². The minimum atomic E-state index is -0.0311. The van der Waals surface area contributed by atoms with Gasteiger partial charge in [0.2, 0.25) is 0 Å². The SMILES string of the molecule is CC(C)(c1ccccc1)c1ccc2c(c1)-c1cc(C(C)(C)c3ccccc3)ccc1[CH]2[Zr+2].[Cl-].[Cl-]. The van der Waals surface area contributed by atoms with Crippen LogP contribution in [0.3, 0.4) is 0 Å². The average molecular weight is 564 g/mol. The zero-order chi connectivity index (χ0) is 22.5. The molecule has 0 nitrogen and oxygen atoms in total. The smallest absolute Gasteiger partial charge is 1.00 e. The molecule has 5 rings (SSSR count). The number of rotatable bonds is 4. The van der Waals surface area contributed by atoms with Gasteiger partial charge in [-0.3, -0.25) is 0 Å². The standard InChI is InChI=1S/C31H29.2ClH.Zr/c1-30(2,24-11-7-5-8-12-24)26-17-15-22-19-23-16-18-27(21-29(23)28(22)20-26)31(3,4)25-13-9-6-10-14-25;;;/h5-21H,1-4H3;2*1H;/q;;;+2/p-2. The Labute approximate surface area is 231 Å². The fourth-order valence-corrected chi connectivity index (χ4v) is 6.31. The summed E-state index contributed by atoms with van der Waals surface area (Å²) in [6, 6.07) is 36.1. The van der Waals surface area contributed by atoms with Gasteiger partial charge in [0.15, 0.2) is 0 Å². The van der Waals surface area contributed by atoms with Crippen molar-refractivity contribution in [1.29, 1.82) is 0 Å². The second kappa shape index (κ2) is 10.1. The fourth-order valence-electron chi connectivity index (χ4n) is 5.07. The zero-order valence-electron chi connectivity index (χ0n) is 20.1. The van der Waals surface area contributed by atoms with Crippen LogP contribution in [0.2, 0.25) is 0 Å². The normalized spacial score (nSPS) is 12.9. The largest absolute Gasteiger partial charge is 1.00 e. The number of hydrogen-bond acceptors (Lipinski definition) is 0. The predicted molar refractivity (Wildman–Crippen MR) is 131 cm³/mol. The van der Waals surface area contributed by atoms with Crippen molar-refractivity contribution in [1.82, 2.24) is 0 Å². The molecular formula is C31H29Cl2Zr. The van der Waals surface area contributed by atoms with E-state index in [-0.39, 0.29) is 35.6 Å². The Balaban J connectivity index is 0.00000162. The van der Waals surface area contributed by atoms with Crippen molar-refractivity contribution < 1.29 is 49.5 Å². The van der Waals surface area contributed by atoms with E-state index >= 15 is 0 Å². The molecule has 0 bridgehead atoms. The van der Waals surface area contributed by atoms with Crippen LogP contribution in [0.4, 0.5) is 0 Å². The zero-order valence-corrected chi connectivity index (χ0v) is 24.0. The molecule has 0 unspecified atom stereocenters. The summed E-state index contributed by atoms with van der Waals surface area (Å²) in [7, 11) is 0. The van der Waals surface area contributed by atoms with Gasteiger partial charge in [0.1, 0.15) is 0 Å². The molecule has 4 aromatic rings. The van der Waals surface area contributed by atoms with Gasteiger partial charge in [-0.05, 0) is 0 Å². The summed E-state index contributed by atoms with van der Waals surface area (Å²) in [6.07, 6.45) is 0. The molecule has 171 valence electrons. The first-order valence-corrected chi connectivity index (χ1v) is 12.8. The van der Waals surface area contributed by atoms with Crippen LogP contribution in [-0.2, 0) is 35.5 Å². The van der Waals surface area contributed by atoms with Crippen molar-refractivity contribution in [3.05, 3.63) is 130 Å². The Hall–Kier alpha value is -1.66. The second-order valence-electron chi connectivity index (χ2n) is 10.0. The minimum Gasteiger partial charge on any atom is -1.00 e. The minimum absolute atomic E-state index is 0. The molecule has 0 saturated carbocycles. The molecule has 34 heavy (non-hydrogen) atoms. The molecule has 1 aliphatic rings. The molecule has 0 amide bonds. The van der Waals surface area contributed by atoms with Crippen LogP contribution < -0.4 is 24.8 Å². The molecule has 0 heterocycles. The van der Waals surface area contributed by atoms with E-state index < -0.39 is 0 Å².